The van der Waals surface area contributed by atoms with Gasteiger partial charge in [0.05, 0.1) is 21.2 Å². The molecule has 3 aromatic rings. The Morgan fingerprint density at radius 2 is 1.61 bits per heavy atom. The Bertz CT molecular complexity index is 1380. The molecule has 0 bridgehead atoms. The van der Waals surface area contributed by atoms with Crippen molar-refractivity contribution in [2.75, 3.05) is 16.2 Å². The quantitative estimate of drug-likeness (QED) is 0.392. The van der Waals surface area contributed by atoms with Gasteiger partial charge in [0.25, 0.3) is 15.9 Å². The number of benzene rings is 3. The maximum Gasteiger partial charge on any atom is 0.264 e. The first kappa shape index (κ1) is 23.1. The van der Waals surface area contributed by atoms with Gasteiger partial charge in [-0.05, 0) is 60.9 Å². The minimum Gasteiger partial charge on any atom is -0.322 e. The van der Waals surface area contributed by atoms with Crippen molar-refractivity contribution in [3.05, 3.63) is 87.9 Å². The molecule has 1 aliphatic rings. The fourth-order valence-electron chi connectivity index (χ4n) is 3.56. The standard InChI is InChI=1S/C22H15ClF4N2O3S/c23-21-17(26)8-7-16(25)20(21)22(30)28-13-4-3-12-2-1-9-29(19(12)10-13)33(31,32)14-5-6-15(24)18(27)11-14/h3-8,10-11H,1-2,9H2,(H,28,30). The largest absolute Gasteiger partial charge is 0.322 e. The minimum absolute atomic E-state index is 0.0656. The summed E-state index contributed by atoms with van der Waals surface area (Å²) in [6.45, 7) is 0.0656. The van der Waals surface area contributed by atoms with Crippen LogP contribution in [0.15, 0.2) is 53.4 Å². The number of hydrogen-bond donors (Lipinski definition) is 1. The van der Waals surface area contributed by atoms with Crippen molar-refractivity contribution in [1.29, 1.82) is 0 Å². The van der Waals surface area contributed by atoms with Crippen molar-refractivity contribution < 1.29 is 30.8 Å². The van der Waals surface area contributed by atoms with Gasteiger partial charge in [-0.1, -0.05) is 17.7 Å². The summed E-state index contributed by atoms with van der Waals surface area (Å²) < 4.78 is 82.0. The highest BCUT2D eigenvalue weighted by Gasteiger charge is 2.30. The molecule has 1 aliphatic heterocycles. The molecule has 4 rings (SSSR count). The van der Waals surface area contributed by atoms with Crippen LogP contribution in [0, 0.1) is 23.3 Å². The molecule has 0 atom stereocenters. The van der Waals surface area contributed by atoms with Crippen molar-refractivity contribution in [2.24, 2.45) is 0 Å². The van der Waals surface area contributed by atoms with E-state index in [0.29, 0.717) is 24.5 Å². The highest BCUT2D eigenvalue weighted by molar-refractivity contribution is 7.92. The molecule has 33 heavy (non-hydrogen) atoms. The van der Waals surface area contributed by atoms with E-state index >= 15 is 0 Å². The van der Waals surface area contributed by atoms with Gasteiger partial charge < -0.3 is 5.32 Å². The number of fused-ring (bicyclic) bond motifs is 1. The lowest BCUT2D eigenvalue weighted by Gasteiger charge is -2.31. The predicted molar refractivity (Wildman–Crippen MR) is 115 cm³/mol. The maximum absolute atomic E-state index is 14.1. The second kappa shape index (κ2) is 8.68. The number of sulfonamides is 1. The summed E-state index contributed by atoms with van der Waals surface area (Å²) in [5, 5.41) is 1.70. The van der Waals surface area contributed by atoms with E-state index in [9.17, 15) is 30.8 Å². The van der Waals surface area contributed by atoms with Crippen LogP contribution in [0.1, 0.15) is 22.3 Å². The number of rotatable bonds is 4. The third-order valence-corrected chi connectivity index (χ3v) is 7.35. The van der Waals surface area contributed by atoms with Crippen molar-refractivity contribution >= 4 is 38.9 Å². The van der Waals surface area contributed by atoms with E-state index in [4.69, 9.17) is 11.6 Å². The van der Waals surface area contributed by atoms with E-state index in [1.54, 1.807) is 6.07 Å². The Balaban J connectivity index is 1.70. The number of amides is 1. The Hall–Kier alpha value is -3.11. The van der Waals surface area contributed by atoms with Crippen LogP contribution in [-0.4, -0.2) is 20.9 Å². The predicted octanol–water partition coefficient (Wildman–Crippen LogP) is 5.29. The first-order chi connectivity index (χ1) is 15.6. The zero-order valence-corrected chi connectivity index (χ0v) is 18.3. The first-order valence-corrected chi connectivity index (χ1v) is 11.5. The highest BCUT2D eigenvalue weighted by atomic mass is 35.5. The Morgan fingerprint density at radius 1 is 0.909 bits per heavy atom. The van der Waals surface area contributed by atoms with Crippen LogP contribution < -0.4 is 9.62 Å². The molecule has 0 aromatic heterocycles. The van der Waals surface area contributed by atoms with Gasteiger partial charge in [-0.15, -0.1) is 0 Å². The zero-order chi connectivity index (χ0) is 23.9. The van der Waals surface area contributed by atoms with Crippen molar-refractivity contribution in [3.63, 3.8) is 0 Å². The molecule has 11 heteroatoms. The molecular weight excluding hydrogens is 484 g/mol. The molecule has 172 valence electrons. The number of anilines is 2. The minimum atomic E-state index is -4.25. The normalized spacial score (nSPS) is 13.5. The molecule has 0 saturated carbocycles. The smallest absolute Gasteiger partial charge is 0.264 e. The Morgan fingerprint density at radius 3 is 2.33 bits per heavy atom. The second-order valence-electron chi connectivity index (χ2n) is 7.27. The van der Waals surface area contributed by atoms with E-state index in [2.05, 4.69) is 5.32 Å². The van der Waals surface area contributed by atoms with Gasteiger partial charge >= 0.3 is 0 Å². The van der Waals surface area contributed by atoms with Gasteiger partial charge in [0.2, 0.25) is 0 Å². The molecule has 0 saturated heterocycles. The van der Waals surface area contributed by atoms with E-state index in [-0.39, 0.29) is 17.9 Å². The van der Waals surface area contributed by atoms with Crippen LogP contribution in [-0.2, 0) is 16.4 Å². The van der Waals surface area contributed by atoms with Crippen molar-refractivity contribution in [1.82, 2.24) is 0 Å². The number of halogens is 5. The van der Waals surface area contributed by atoms with Crippen LogP contribution >= 0.6 is 11.6 Å². The summed E-state index contributed by atoms with van der Waals surface area (Å²) in [4.78, 5) is 12.1. The first-order valence-electron chi connectivity index (χ1n) is 9.65. The average Bonchev–Trinajstić information content (AvgIpc) is 2.77. The molecule has 3 aromatic carbocycles. The molecule has 0 aliphatic carbocycles. The van der Waals surface area contributed by atoms with Crippen molar-refractivity contribution in [3.8, 4) is 0 Å². The molecule has 0 spiro atoms. The Labute approximate surface area is 191 Å². The molecule has 5 nitrogen and oxygen atoms in total. The number of carbonyl (C=O) groups is 1. The second-order valence-corrected chi connectivity index (χ2v) is 9.51. The van der Waals surface area contributed by atoms with Gasteiger partial charge in [-0.2, -0.15) is 0 Å². The van der Waals surface area contributed by atoms with Crippen LogP contribution in [0.25, 0.3) is 0 Å². The highest BCUT2D eigenvalue weighted by Crippen LogP contribution is 2.35. The van der Waals surface area contributed by atoms with Crippen LogP contribution in [0.3, 0.4) is 0 Å². The van der Waals surface area contributed by atoms with Crippen molar-refractivity contribution in [2.45, 2.75) is 17.7 Å². The lowest BCUT2D eigenvalue weighted by molar-refractivity contribution is 0.102. The molecule has 0 radical (unpaired) electrons. The summed E-state index contributed by atoms with van der Waals surface area (Å²) >= 11 is 5.73. The molecule has 1 amide bonds. The van der Waals surface area contributed by atoms with Gasteiger partial charge in [0, 0.05) is 12.2 Å². The SMILES string of the molecule is O=C(Nc1ccc2c(c1)N(S(=O)(=O)c1ccc(F)c(F)c1)CCC2)c1c(F)ccc(F)c1Cl. The lowest BCUT2D eigenvalue weighted by atomic mass is 10.0. The Kier molecular flexibility index (Phi) is 6.06. The van der Waals surface area contributed by atoms with Gasteiger partial charge in [0.1, 0.15) is 11.6 Å². The fraction of sp³-hybridized carbons (Fsp3) is 0.136. The summed E-state index contributed by atoms with van der Waals surface area (Å²) in [6, 6.07) is 8.25. The zero-order valence-electron chi connectivity index (χ0n) is 16.7. The van der Waals surface area contributed by atoms with E-state index in [0.717, 1.165) is 28.6 Å². The molecule has 1 N–H and O–H groups in total. The van der Waals surface area contributed by atoms with Crippen LogP contribution in [0.4, 0.5) is 28.9 Å². The number of aryl methyl sites for hydroxylation is 1. The third-order valence-electron chi connectivity index (χ3n) is 5.17. The lowest BCUT2D eigenvalue weighted by Crippen LogP contribution is -2.35. The number of carbonyl (C=O) groups excluding carboxylic acids is 1. The van der Waals surface area contributed by atoms with E-state index < -0.39 is 54.7 Å². The molecule has 1 heterocycles. The summed E-state index contributed by atoms with van der Waals surface area (Å²) in [6.07, 6.45) is 1.02. The number of nitrogens with zero attached hydrogens (tertiary/aromatic N) is 1. The number of nitrogens with one attached hydrogen (secondary N) is 1. The molecule has 0 unspecified atom stereocenters. The summed E-state index contributed by atoms with van der Waals surface area (Å²) in [5.74, 6) is -5.51. The van der Waals surface area contributed by atoms with Gasteiger partial charge in [0.15, 0.2) is 11.6 Å². The molecular formula is C22H15ClF4N2O3S. The van der Waals surface area contributed by atoms with E-state index in [1.165, 1.54) is 12.1 Å². The summed E-state index contributed by atoms with van der Waals surface area (Å²) in [7, 11) is -4.25. The molecule has 0 fully saturated rings. The van der Waals surface area contributed by atoms with Gasteiger partial charge in [-0.25, -0.2) is 26.0 Å². The van der Waals surface area contributed by atoms with Crippen LogP contribution in [0.5, 0.6) is 0 Å². The van der Waals surface area contributed by atoms with Crippen LogP contribution in [0.2, 0.25) is 5.02 Å². The fourth-order valence-corrected chi connectivity index (χ4v) is 5.35. The van der Waals surface area contributed by atoms with E-state index in [1.807, 2.05) is 0 Å². The van der Waals surface area contributed by atoms with Gasteiger partial charge in [-0.3, -0.25) is 9.10 Å². The summed E-state index contributed by atoms with van der Waals surface area (Å²) in [5.41, 5.74) is 0.265. The maximum atomic E-state index is 14.1. The third kappa shape index (κ3) is 4.28. The monoisotopic (exact) mass is 498 g/mol. The average molecular weight is 499 g/mol. The topological polar surface area (TPSA) is 66.5 Å². The number of hydrogen-bond acceptors (Lipinski definition) is 3.